The van der Waals surface area contributed by atoms with E-state index in [0.717, 1.165) is 12.1 Å². The van der Waals surface area contributed by atoms with Crippen LogP contribution in [-0.2, 0) is 39.5 Å². The van der Waals surface area contributed by atoms with Crippen LogP contribution in [0, 0.1) is 11.6 Å². The second kappa shape index (κ2) is 16.0. The molecule has 5 N–H and O–H groups in total. The molecule has 0 saturated carbocycles. The highest BCUT2D eigenvalue weighted by Gasteiger charge is 2.54. The number of benzene rings is 3. The van der Waals surface area contributed by atoms with E-state index in [-0.39, 0.29) is 34.3 Å². The Hall–Kier alpha value is -5.30. The van der Waals surface area contributed by atoms with Gasteiger partial charge in [0.2, 0.25) is 11.8 Å². The van der Waals surface area contributed by atoms with Gasteiger partial charge >= 0.3 is 19.7 Å². The normalized spacial score (nSPS) is 21.7. The fraction of sp³-hybridized carbons (Fsp3) is 0.361. The zero-order valence-electron chi connectivity index (χ0n) is 30.7. The first-order valence-electron chi connectivity index (χ1n) is 17.1. The number of hydrogen-bond donors (Lipinski definition) is 4. The van der Waals surface area contributed by atoms with Crippen molar-refractivity contribution < 1.29 is 61.1 Å². The number of nitrogen functional groups attached to an aromatic ring is 1. The van der Waals surface area contributed by atoms with Crippen LogP contribution in [0.5, 0.6) is 11.6 Å². The average molecular weight is 801 g/mol. The lowest BCUT2D eigenvalue weighted by Crippen LogP contribution is -2.44. The minimum absolute atomic E-state index is 0.0323. The molecule has 0 bridgehead atoms. The predicted molar refractivity (Wildman–Crippen MR) is 194 cm³/mol. The van der Waals surface area contributed by atoms with E-state index in [9.17, 15) is 33.1 Å². The van der Waals surface area contributed by atoms with Crippen molar-refractivity contribution in [2.75, 3.05) is 26.6 Å². The average Bonchev–Trinajstić information content (AvgIpc) is 3.68. The van der Waals surface area contributed by atoms with Gasteiger partial charge in [0, 0.05) is 11.6 Å². The molecule has 298 valence electrons. The zero-order valence-corrected chi connectivity index (χ0v) is 31.6. The van der Waals surface area contributed by atoms with Crippen LogP contribution in [-0.4, -0.2) is 86.3 Å². The Morgan fingerprint density at radius 1 is 1.07 bits per heavy atom. The van der Waals surface area contributed by atoms with Crippen molar-refractivity contribution in [1.29, 1.82) is 0 Å². The molecule has 1 aliphatic heterocycles. The van der Waals surface area contributed by atoms with Gasteiger partial charge in [0.25, 0.3) is 0 Å². The molecule has 5 aromatic rings. The van der Waals surface area contributed by atoms with Crippen LogP contribution in [0.2, 0.25) is 0 Å². The molecule has 3 heterocycles. The fourth-order valence-electron chi connectivity index (χ4n) is 6.08. The van der Waals surface area contributed by atoms with Crippen molar-refractivity contribution in [2.45, 2.75) is 63.4 Å². The third-order valence-electron chi connectivity index (χ3n) is 9.22. The first-order valence-corrected chi connectivity index (χ1v) is 18.6. The number of nitrogens with one attached hydrogen (secondary N) is 1. The Bertz CT molecular complexity index is 2330. The topological polar surface area (TPSA) is 229 Å². The molecule has 20 heteroatoms. The third-order valence-corrected chi connectivity index (χ3v) is 10.9. The van der Waals surface area contributed by atoms with E-state index >= 15 is 0 Å². The first-order chi connectivity index (χ1) is 26.5. The maximum atomic E-state index is 14.5. The Labute approximate surface area is 318 Å². The molecule has 0 amide bonds. The number of ether oxygens (including phenoxy) is 4. The minimum Gasteiger partial charge on any atom is -0.479 e. The highest BCUT2D eigenvalue weighted by Crippen LogP contribution is 2.48. The number of aromatic nitrogens is 4. The maximum absolute atomic E-state index is 14.5. The molecule has 1 aliphatic rings. The number of carbonyl (C=O) groups is 2. The number of halogens is 2. The van der Waals surface area contributed by atoms with Crippen LogP contribution in [0.4, 0.5) is 14.7 Å². The van der Waals surface area contributed by atoms with Crippen LogP contribution in [0.1, 0.15) is 44.0 Å². The van der Waals surface area contributed by atoms with Gasteiger partial charge in [-0.2, -0.15) is 15.1 Å². The summed E-state index contributed by atoms with van der Waals surface area (Å²) in [6.07, 6.45) is -3.02. The van der Waals surface area contributed by atoms with Gasteiger partial charge in [-0.05, 0) is 61.4 Å². The number of aliphatic hydroxyl groups is 2. The lowest BCUT2D eigenvalue weighted by atomic mass is 9.96. The van der Waals surface area contributed by atoms with Gasteiger partial charge in [0.1, 0.15) is 47.8 Å². The van der Waals surface area contributed by atoms with Crippen molar-refractivity contribution in [3.05, 3.63) is 83.7 Å². The Kier molecular flexibility index (Phi) is 11.6. The summed E-state index contributed by atoms with van der Waals surface area (Å²) in [5, 5.41) is 26.5. The highest BCUT2D eigenvalue weighted by atomic mass is 31.2. The maximum Gasteiger partial charge on any atom is 0.459 e. The van der Waals surface area contributed by atoms with Crippen LogP contribution in [0.25, 0.3) is 21.9 Å². The summed E-state index contributed by atoms with van der Waals surface area (Å²) in [5.41, 5.74) is 4.77. The zero-order chi connectivity index (χ0) is 40.5. The largest absolute Gasteiger partial charge is 0.479 e. The van der Waals surface area contributed by atoms with E-state index in [4.69, 9.17) is 33.7 Å². The van der Waals surface area contributed by atoms with Crippen LogP contribution >= 0.6 is 7.75 Å². The number of imidazole rings is 1. The summed E-state index contributed by atoms with van der Waals surface area (Å²) in [7, 11) is -1.96. The number of anilines is 1. The molecule has 0 radical (unpaired) electrons. The molecule has 0 spiro atoms. The number of esters is 2. The molecular weight excluding hydrogens is 761 g/mol. The fourth-order valence-corrected chi connectivity index (χ4v) is 7.58. The SMILES string of the molecule is COC(=O)C(C)c1ccc2cc(OP(=O)(N[C@@H](C)C(=O)OCc3ccc(F)cc3F)OCC3O[C@H](n4cnc5c(OC)nc(N)nc54)[C@](C)(O)[C@@H]3O)ccc2c1. The van der Waals surface area contributed by atoms with Gasteiger partial charge in [-0.25, -0.2) is 18.3 Å². The number of fused-ring (bicyclic) bond motifs is 2. The Balaban J connectivity index is 1.24. The lowest BCUT2D eigenvalue weighted by molar-refractivity contribution is -0.146. The van der Waals surface area contributed by atoms with Crippen molar-refractivity contribution in [1.82, 2.24) is 24.6 Å². The molecule has 17 nitrogen and oxygen atoms in total. The first kappa shape index (κ1) is 40.4. The number of carbonyl (C=O) groups excluding carboxylic acids is 2. The summed E-state index contributed by atoms with van der Waals surface area (Å²) >= 11 is 0. The summed E-state index contributed by atoms with van der Waals surface area (Å²) in [5.74, 6) is -3.73. The van der Waals surface area contributed by atoms with Crippen LogP contribution in [0.3, 0.4) is 0 Å². The smallest absolute Gasteiger partial charge is 0.459 e. The molecule has 3 unspecified atom stereocenters. The van der Waals surface area contributed by atoms with E-state index in [2.05, 4.69) is 20.0 Å². The number of methoxy groups -OCH3 is 2. The van der Waals surface area contributed by atoms with E-state index in [1.807, 2.05) is 0 Å². The van der Waals surface area contributed by atoms with Crippen molar-refractivity contribution >= 4 is 47.6 Å². The lowest BCUT2D eigenvalue weighted by Gasteiger charge is -2.27. The standard InChI is InChI=1S/C36H39F2N6O11P/c1-18(32(46)51-5)20-6-7-22-13-25(11-9-21(22)12-20)55-56(49,43-19(2)33(47)52-15-23-8-10-24(37)14-26(23)38)53-16-27-29(45)36(3,48)34(54-27)44-17-40-28-30(44)41-35(39)42-31(28)50-4/h6-14,17-19,27,29,34,45,48H,15-16H2,1-5H3,(H,43,49)(H2,39,41,42)/t18?,19-,27?,29+,34-,36+,56?/m0/s1. The minimum atomic E-state index is -4.62. The Morgan fingerprint density at radius 2 is 1.80 bits per heavy atom. The predicted octanol–water partition coefficient (Wildman–Crippen LogP) is 4.06. The van der Waals surface area contributed by atoms with Gasteiger partial charge in [0.15, 0.2) is 17.4 Å². The number of nitrogens with two attached hydrogens (primary N) is 1. The monoisotopic (exact) mass is 800 g/mol. The van der Waals surface area contributed by atoms with Crippen molar-refractivity contribution in [3.63, 3.8) is 0 Å². The van der Waals surface area contributed by atoms with E-state index in [1.165, 1.54) is 45.0 Å². The Morgan fingerprint density at radius 3 is 2.52 bits per heavy atom. The molecule has 7 atom stereocenters. The second-order valence-electron chi connectivity index (χ2n) is 13.2. The number of hydrogen-bond acceptors (Lipinski definition) is 15. The quantitative estimate of drug-likeness (QED) is 0.0917. The summed E-state index contributed by atoms with van der Waals surface area (Å²) in [6, 6.07) is 11.3. The van der Waals surface area contributed by atoms with Crippen molar-refractivity contribution in [3.8, 4) is 11.6 Å². The van der Waals surface area contributed by atoms with Gasteiger partial charge < -0.3 is 39.4 Å². The second-order valence-corrected chi connectivity index (χ2v) is 14.9. The molecular formula is C36H39F2N6O11P. The van der Waals surface area contributed by atoms with Gasteiger partial charge in [-0.1, -0.05) is 24.3 Å². The summed E-state index contributed by atoms with van der Waals surface area (Å²) in [6.45, 7) is 3.08. The van der Waals surface area contributed by atoms with Gasteiger partial charge in [-0.3, -0.25) is 18.7 Å². The molecule has 6 rings (SSSR count). The van der Waals surface area contributed by atoms with Crippen LogP contribution < -0.4 is 20.1 Å². The van der Waals surface area contributed by atoms with Gasteiger partial charge in [-0.15, -0.1) is 0 Å². The van der Waals surface area contributed by atoms with Gasteiger partial charge in [0.05, 0.1) is 33.1 Å². The molecule has 0 aliphatic carbocycles. The third kappa shape index (κ3) is 8.28. The van der Waals surface area contributed by atoms with E-state index in [1.54, 1.807) is 37.3 Å². The molecule has 2 aromatic heterocycles. The van der Waals surface area contributed by atoms with E-state index in [0.29, 0.717) is 22.4 Å². The summed E-state index contributed by atoms with van der Waals surface area (Å²) < 4.78 is 76.4. The van der Waals surface area contributed by atoms with Crippen molar-refractivity contribution in [2.24, 2.45) is 0 Å². The number of rotatable bonds is 14. The molecule has 56 heavy (non-hydrogen) atoms. The van der Waals surface area contributed by atoms with Crippen LogP contribution in [0.15, 0.2) is 60.9 Å². The molecule has 1 fully saturated rings. The highest BCUT2D eigenvalue weighted by molar-refractivity contribution is 7.52. The van der Waals surface area contributed by atoms with E-state index < -0.39 is 80.5 Å². The number of nitrogens with zero attached hydrogens (tertiary/aromatic N) is 4. The molecule has 3 aromatic carbocycles. The molecule has 1 saturated heterocycles. The number of aliphatic hydroxyl groups excluding tert-OH is 1. The summed E-state index contributed by atoms with van der Waals surface area (Å²) in [4.78, 5) is 37.5.